The number of carbonyl (C=O) groups is 3. The third-order valence-electron chi connectivity index (χ3n) is 4.06. The van der Waals surface area contributed by atoms with Crippen LogP contribution in [0.15, 0.2) is 53.4 Å². The van der Waals surface area contributed by atoms with Gasteiger partial charge in [0.05, 0.1) is 28.2 Å². The second-order valence-electron chi connectivity index (χ2n) is 5.87. The van der Waals surface area contributed by atoms with Gasteiger partial charge in [0, 0.05) is 6.54 Å². The summed E-state index contributed by atoms with van der Waals surface area (Å²) in [4.78, 5) is 37.4. The standard InChI is InChI=1S/C18H16N2O6S/c19-27(24,25)13-8-6-12(7-9-13)18(23)26-11-3-10-20-16(21)14-4-1-2-5-15(14)17(20)22/h1-2,4-9H,3,10-11H2,(H2,19,24,25). The normalized spacial score (nSPS) is 13.6. The molecule has 0 radical (unpaired) electrons. The zero-order chi connectivity index (χ0) is 19.6. The number of nitrogens with zero attached hydrogens (tertiary/aromatic N) is 1. The van der Waals surface area contributed by atoms with Crippen molar-refractivity contribution in [3.8, 4) is 0 Å². The molecule has 2 aromatic carbocycles. The number of imide groups is 1. The summed E-state index contributed by atoms with van der Waals surface area (Å²) in [6.07, 6.45) is 0.284. The van der Waals surface area contributed by atoms with Crippen LogP contribution in [-0.2, 0) is 14.8 Å². The van der Waals surface area contributed by atoms with Crippen molar-refractivity contribution in [3.05, 3.63) is 65.2 Å². The van der Waals surface area contributed by atoms with Crippen molar-refractivity contribution in [2.24, 2.45) is 5.14 Å². The lowest BCUT2D eigenvalue weighted by atomic mass is 10.1. The van der Waals surface area contributed by atoms with Gasteiger partial charge in [-0.25, -0.2) is 18.4 Å². The van der Waals surface area contributed by atoms with Gasteiger partial charge in [-0.2, -0.15) is 0 Å². The number of primary sulfonamides is 1. The van der Waals surface area contributed by atoms with Gasteiger partial charge < -0.3 is 4.74 Å². The van der Waals surface area contributed by atoms with E-state index < -0.39 is 16.0 Å². The maximum atomic E-state index is 12.2. The molecule has 2 N–H and O–H groups in total. The first-order chi connectivity index (χ1) is 12.8. The lowest BCUT2D eigenvalue weighted by Crippen LogP contribution is -2.31. The highest BCUT2D eigenvalue weighted by molar-refractivity contribution is 7.89. The zero-order valence-electron chi connectivity index (χ0n) is 14.1. The topological polar surface area (TPSA) is 124 Å². The number of amides is 2. The molecular formula is C18H16N2O6S. The molecule has 2 amide bonds. The van der Waals surface area contributed by atoms with Gasteiger partial charge >= 0.3 is 5.97 Å². The summed E-state index contributed by atoms with van der Waals surface area (Å²) in [6.45, 7) is 0.132. The predicted molar refractivity (Wildman–Crippen MR) is 94.5 cm³/mol. The second-order valence-corrected chi connectivity index (χ2v) is 7.43. The number of esters is 1. The zero-order valence-corrected chi connectivity index (χ0v) is 14.9. The van der Waals surface area contributed by atoms with E-state index in [0.29, 0.717) is 11.1 Å². The van der Waals surface area contributed by atoms with Crippen molar-refractivity contribution in [1.29, 1.82) is 0 Å². The van der Waals surface area contributed by atoms with E-state index in [1.165, 1.54) is 24.3 Å². The first-order valence-electron chi connectivity index (χ1n) is 8.04. The highest BCUT2D eigenvalue weighted by atomic mass is 32.2. The first-order valence-corrected chi connectivity index (χ1v) is 9.59. The highest BCUT2D eigenvalue weighted by Crippen LogP contribution is 2.22. The van der Waals surface area contributed by atoms with Crippen LogP contribution < -0.4 is 5.14 Å². The molecule has 8 nitrogen and oxygen atoms in total. The van der Waals surface area contributed by atoms with E-state index in [1.54, 1.807) is 24.3 Å². The first kappa shape index (κ1) is 18.7. The molecule has 0 saturated heterocycles. The van der Waals surface area contributed by atoms with E-state index >= 15 is 0 Å². The fraction of sp³-hybridized carbons (Fsp3) is 0.167. The van der Waals surface area contributed by atoms with Gasteiger partial charge in [0.2, 0.25) is 10.0 Å². The Morgan fingerprint density at radius 2 is 1.52 bits per heavy atom. The highest BCUT2D eigenvalue weighted by Gasteiger charge is 2.34. The van der Waals surface area contributed by atoms with E-state index in [9.17, 15) is 22.8 Å². The Bertz CT molecular complexity index is 979. The van der Waals surface area contributed by atoms with Crippen molar-refractivity contribution >= 4 is 27.8 Å². The fourth-order valence-corrected chi connectivity index (χ4v) is 3.21. The van der Waals surface area contributed by atoms with E-state index in [2.05, 4.69) is 0 Å². The van der Waals surface area contributed by atoms with Crippen LogP contribution >= 0.6 is 0 Å². The molecule has 0 saturated carbocycles. The molecule has 0 aliphatic carbocycles. The minimum atomic E-state index is -3.83. The maximum absolute atomic E-state index is 12.2. The van der Waals surface area contributed by atoms with Crippen molar-refractivity contribution in [2.45, 2.75) is 11.3 Å². The maximum Gasteiger partial charge on any atom is 0.338 e. The lowest BCUT2D eigenvalue weighted by Gasteiger charge is -2.13. The van der Waals surface area contributed by atoms with Crippen molar-refractivity contribution in [1.82, 2.24) is 4.90 Å². The van der Waals surface area contributed by atoms with Gasteiger partial charge in [-0.1, -0.05) is 12.1 Å². The predicted octanol–water partition coefficient (Wildman–Crippen LogP) is 1.18. The summed E-state index contributed by atoms with van der Waals surface area (Å²) in [6, 6.07) is 11.6. The minimum Gasteiger partial charge on any atom is -0.462 e. The third kappa shape index (κ3) is 3.88. The van der Waals surface area contributed by atoms with Crippen LogP contribution in [0.4, 0.5) is 0 Å². The number of ether oxygens (including phenoxy) is 1. The summed E-state index contributed by atoms with van der Waals surface area (Å²) in [5.41, 5.74) is 0.909. The Balaban J connectivity index is 1.51. The Kier molecular flexibility index (Phi) is 5.06. The van der Waals surface area contributed by atoms with Crippen LogP contribution in [0.5, 0.6) is 0 Å². The number of hydrogen-bond donors (Lipinski definition) is 1. The molecule has 2 aromatic rings. The molecule has 140 valence electrons. The summed E-state index contributed by atoms with van der Waals surface area (Å²) in [5, 5.41) is 4.99. The molecule has 1 heterocycles. The molecule has 0 fully saturated rings. The molecule has 0 spiro atoms. The summed E-state index contributed by atoms with van der Waals surface area (Å²) in [7, 11) is -3.83. The minimum absolute atomic E-state index is 0.00315. The number of hydrogen-bond acceptors (Lipinski definition) is 6. The summed E-state index contributed by atoms with van der Waals surface area (Å²) >= 11 is 0. The van der Waals surface area contributed by atoms with Crippen LogP contribution in [0.2, 0.25) is 0 Å². The van der Waals surface area contributed by atoms with Crippen molar-refractivity contribution in [3.63, 3.8) is 0 Å². The van der Waals surface area contributed by atoms with Gasteiger partial charge in [-0.05, 0) is 42.8 Å². The second kappa shape index (κ2) is 7.29. The van der Waals surface area contributed by atoms with Crippen LogP contribution in [0.25, 0.3) is 0 Å². The number of benzene rings is 2. The van der Waals surface area contributed by atoms with Gasteiger partial charge in [0.15, 0.2) is 0 Å². The molecule has 0 atom stereocenters. The molecule has 0 bridgehead atoms. The average Bonchev–Trinajstić information content (AvgIpc) is 2.89. The van der Waals surface area contributed by atoms with Gasteiger partial charge in [0.1, 0.15) is 0 Å². The van der Waals surface area contributed by atoms with Crippen LogP contribution in [-0.4, -0.2) is 44.3 Å². The van der Waals surface area contributed by atoms with Gasteiger partial charge in [-0.15, -0.1) is 0 Å². The quantitative estimate of drug-likeness (QED) is 0.450. The molecule has 1 aliphatic heterocycles. The van der Waals surface area contributed by atoms with Crippen LogP contribution in [0.3, 0.4) is 0 Å². The Morgan fingerprint density at radius 3 is 2.04 bits per heavy atom. The Labute approximate surface area is 155 Å². The number of rotatable bonds is 6. The number of nitrogens with two attached hydrogens (primary N) is 1. The number of sulfonamides is 1. The van der Waals surface area contributed by atoms with Gasteiger partial charge in [0.25, 0.3) is 11.8 Å². The van der Waals surface area contributed by atoms with Gasteiger partial charge in [-0.3, -0.25) is 14.5 Å². The summed E-state index contributed by atoms with van der Waals surface area (Å²) in [5.74, 6) is -1.36. The molecule has 27 heavy (non-hydrogen) atoms. The summed E-state index contributed by atoms with van der Waals surface area (Å²) < 4.78 is 27.5. The number of fused-ring (bicyclic) bond motifs is 1. The van der Waals surface area contributed by atoms with Crippen LogP contribution in [0.1, 0.15) is 37.5 Å². The van der Waals surface area contributed by atoms with E-state index in [4.69, 9.17) is 9.88 Å². The molecule has 3 rings (SSSR count). The van der Waals surface area contributed by atoms with E-state index in [-0.39, 0.29) is 41.8 Å². The fourth-order valence-electron chi connectivity index (χ4n) is 2.69. The average molecular weight is 388 g/mol. The molecule has 1 aliphatic rings. The van der Waals surface area contributed by atoms with E-state index in [1.807, 2.05) is 0 Å². The Hall–Kier alpha value is -3.04. The van der Waals surface area contributed by atoms with E-state index in [0.717, 1.165) is 4.90 Å². The third-order valence-corrected chi connectivity index (χ3v) is 4.99. The smallest absolute Gasteiger partial charge is 0.338 e. The molecule has 9 heteroatoms. The van der Waals surface area contributed by atoms with Crippen molar-refractivity contribution < 1.29 is 27.5 Å². The molecule has 0 unspecified atom stereocenters. The Morgan fingerprint density at radius 1 is 0.963 bits per heavy atom. The molecular weight excluding hydrogens is 372 g/mol. The molecule has 0 aromatic heterocycles. The monoisotopic (exact) mass is 388 g/mol. The van der Waals surface area contributed by atoms with Crippen LogP contribution in [0, 0.1) is 0 Å². The largest absolute Gasteiger partial charge is 0.462 e. The lowest BCUT2D eigenvalue weighted by molar-refractivity contribution is 0.0482. The SMILES string of the molecule is NS(=O)(=O)c1ccc(C(=O)OCCCN2C(=O)c3ccccc3C2=O)cc1. The van der Waals surface area contributed by atoms with Crippen molar-refractivity contribution in [2.75, 3.05) is 13.2 Å². The number of carbonyl (C=O) groups excluding carboxylic acids is 3.